The third kappa shape index (κ3) is 4.80. The van der Waals surface area contributed by atoms with Gasteiger partial charge in [0.2, 0.25) is 0 Å². The molecule has 0 fully saturated rings. The third-order valence-corrected chi connectivity index (χ3v) is 11.4. The highest BCUT2D eigenvalue weighted by Crippen LogP contribution is 2.61. The van der Waals surface area contributed by atoms with Crippen molar-refractivity contribution in [1.29, 1.82) is 0 Å². The first-order valence-corrected chi connectivity index (χ1v) is 18.8. The lowest BCUT2D eigenvalue weighted by Crippen LogP contribution is -2.29. The van der Waals surface area contributed by atoms with E-state index >= 15 is 0 Å². The molecule has 256 valence electrons. The Morgan fingerprint density at radius 2 is 0.564 bits per heavy atom. The van der Waals surface area contributed by atoms with Crippen molar-refractivity contribution in [1.82, 2.24) is 15.0 Å². The second-order valence-corrected chi connectivity index (χ2v) is 14.3. The van der Waals surface area contributed by atoms with Gasteiger partial charge in [0.1, 0.15) is 0 Å². The molecule has 3 heteroatoms. The topological polar surface area (TPSA) is 38.7 Å². The van der Waals surface area contributed by atoms with Crippen molar-refractivity contribution >= 4 is 0 Å². The first-order valence-electron chi connectivity index (χ1n) is 18.8. The van der Waals surface area contributed by atoms with Gasteiger partial charge in [0, 0.05) is 16.7 Å². The molecule has 0 amide bonds. The van der Waals surface area contributed by atoms with Gasteiger partial charge in [-0.3, -0.25) is 0 Å². The Morgan fingerprint density at radius 3 is 1.09 bits per heavy atom. The summed E-state index contributed by atoms with van der Waals surface area (Å²) < 4.78 is 0. The highest BCUT2D eigenvalue weighted by atomic mass is 15.0. The molecular formula is C52H33N3. The second-order valence-electron chi connectivity index (χ2n) is 14.3. The fourth-order valence-corrected chi connectivity index (χ4v) is 8.98. The summed E-state index contributed by atoms with van der Waals surface area (Å²) in [6.45, 7) is 0. The van der Waals surface area contributed by atoms with Gasteiger partial charge in [-0.2, -0.15) is 0 Å². The summed E-state index contributed by atoms with van der Waals surface area (Å²) in [6, 6.07) is 71.7. The van der Waals surface area contributed by atoms with Crippen molar-refractivity contribution in [2.75, 3.05) is 0 Å². The molecule has 0 unspecified atom stereocenters. The van der Waals surface area contributed by atoms with Gasteiger partial charge in [-0.1, -0.05) is 194 Å². The molecule has 0 saturated carbocycles. The van der Waals surface area contributed by atoms with Crippen molar-refractivity contribution < 1.29 is 0 Å². The minimum Gasteiger partial charge on any atom is -0.208 e. The molecule has 11 rings (SSSR count). The first-order chi connectivity index (χ1) is 27.3. The quantitative estimate of drug-likeness (QED) is 0.184. The SMILES string of the molecule is c1ccc(-c2ccc(-c3nc(-c4ccccc4)nc(-c4ccc5c(c4)-c4ccccc4C54c5ccccc5-c5ccccc5-c5ccccc54)n3)cc2)cc1. The Hall–Kier alpha value is -7.23. The zero-order chi connectivity index (χ0) is 36.3. The van der Waals surface area contributed by atoms with Gasteiger partial charge in [-0.15, -0.1) is 0 Å². The summed E-state index contributed by atoms with van der Waals surface area (Å²) in [6.07, 6.45) is 0. The molecule has 1 spiro atoms. The molecule has 3 nitrogen and oxygen atoms in total. The molecular weight excluding hydrogens is 667 g/mol. The van der Waals surface area contributed by atoms with Gasteiger partial charge in [-0.05, 0) is 72.8 Å². The summed E-state index contributed by atoms with van der Waals surface area (Å²) in [7, 11) is 0. The molecule has 55 heavy (non-hydrogen) atoms. The van der Waals surface area contributed by atoms with Crippen LogP contribution in [0.1, 0.15) is 22.3 Å². The molecule has 2 aliphatic carbocycles. The Bertz CT molecular complexity index is 2850. The average Bonchev–Trinajstić information content (AvgIpc) is 3.51. The smallest absolute Gasteiger partial charge is 0.164 e. The number of hydrogen-bond donors (Lipinski definition) is 0. The predicted molar refractivity (Wildman–Crippen MR) is 223 cm³/mol. The lowest BCUT2D eigenvalue weighted by Gasteiger charge is -2.35. The van der Waals surface area contributed by atoms with Crippen molar-refractivity contribution in [3.05, 3.63) is 222 Å². The highest BCUT2D eigenvalue weighted by Gasteiger charge is 2.49. The third-order valence-electron chi connectivity index (χ3n) is 11.4. The van der Waals surface area contributed by atoms with E-state index in [1.807, 2.05) is 24.3 Å². The summed E-state index contributed by atoms with van der Waals surface area (Å²) in [4.78, 5) is 15.4. The van der Waals surface area contributed by atoms with Crippen LogP contribution in [0.2, 0.25) is 0 Å². The maximum Gasteiger partial charge on any atom is 0.164 e. The van der Waals surface area contributed by atoms with Crippen molar-refractivity contribution in [2.24, 2.45) is 0 Å². The minimum atomic E-state index is -0.531. The fourth-order valence-electron chi connectivity index (χ4n) is 8.98. The largest absolute Gasteiger partial charge is 0.208 e. The van der Waals surface area contributed by atoms with E-state index in [4.69, 9.17) is 15.0 Å². The Kier molecular flexibility index (Phi) is 7.08. The zero-order valence-corrected chi connectivity index (χ0v) is 29.9. The number of aromatic nitrogens is 3. The van der Waals surface area contributed by atoms with E-state index in [9.17, 15) is 0 Å². The second kappa shape index (κ2) is 12.4. The lowest BCUT2D eigenvalue weighted by atomic mass is 9.66. The van der Waals surface area contributed by atoms with Crippen molar-refractivity contribution in [3.8, 4) is 78.7 Å². The minimum absolute atomic E-state index is 0.531. The van der Waals surface area contributed by atoms with Crippen LogP contribution in [-0.4, -0.2) is 15.0 Å². The number of rotatable bonds is 4. The Balaban J connectivity index is 1.13. The van der Waals surface area contributed by atoms with Crippen LogP contribution in [-0.2, 0) is 5.41 Å². The summed E-state index contributed by atoms with van der Waals surface area (Å²) in [5.74, 6) is 1.94. The number of nitrogens with zero attached hydrogens (tertiary/aromatic N) is 3. The fraction of sp³-hybridized carbons (Fsp3) is 0.0192. The van der Waals surface area contributed by atoms with Crippen LogP contribution < -0.4 is 0 Å². The van der Waals surface area contributed by atoms with Gasteiger partial charge in [-0.25, -0.2) is 15.0 Å². The van der Waals surface area contributed by atoms with E-state index in [0.29, 0.717) is 17.5 Å². The van der Waals surface area contributed by atoms with Crippen molar-refractivity contribution in [2.45, 2.75) is 5.41 Å². The van der Waals surface area contributed by atoms with Crippen LogP contribution >= 0.6 is 0 Å². The Morgan fingerprint density at radius 1 is 0.236 bits per heavy atom. The molecule has 0 bridgehead atoms. The van der Waals surface area contributed by atoms with Crippen LogP contribution in [0, 0.1) is 0 Å². The van der Waals surface area contributed by atoms with Crippen LogP contribution in [0.4, 0.5) is 0 Å². The molecule has 9 aromatic rings. The molecule has 2 aliphatic rings. The van der Waals surface area contributed by atoms with Crippen LogP contribution in [0.5, 0.6) is 0 Å². The molecule has 8 aromatic carbocycles. The number of hydrogen-bond acceptors (Lipinski definition) is 3. The van der Waals surface area contributed by atoms with Gasteiger partial charge in [0.05, 0.1) is 5.41 Å². The van der Waals surface area contributed by atoms with Crippen LogP contribution in [0.25, 0.3) is 78.7 Å². The first kappa shape index (κ1) is 31.3. The Labute approximate surface area is 320 Å². The van der Waals surface area contributed by atoms with E-state index in [2.05, 4.69) is 176 Å². The molecule has 0 atom stereocenters. The van der Waals surface area contributed by atoms with E-state index in [-0.39, 0.29) is 0 Å². The van der Waals surface area contributed by atoms with Gasteiger partial charge in [0.15, 0.2) is 17.5 Å². The molecule has 0 saturated heterocycles. The molecule has 0 radical (unpaired) electrons. The number of fused-ring (bicyclic) bond motifs is 12. The van der Waals surface area contributed by atoms with E-state index in [0.717, 1.165) is 22.3 Å². The van der Waals surface area contributed by atoms with Crippen LogP contribution in [0.3, 0.4) is 0 Å². The molecule has 0 N–H and O–H groups in total. The van der Waals surface area contributed by atoms with Crippen LogP contribution in [0.15, 0.2) is 200 Å². The van der Waals surface area contributed by atoms with Gasteiger partial charge < -0.3 is 0 Å². The maximum absolute atomic E-state index is 5.18. The summed E-state index contributed by atoms with van der Waals surface area (Å²) in [5.41, 5.74) is 17.2. The monoisotopic (exact) mass is 699 g/mol. The van der Waals surface area contributed by atoms with Crippen molar-refractivity contribution in [3.63, 3.8) is 0 Å². The van der Waals surface area contributed by atoms with Gasteiger partial charge in [0.25, 0.3) is 0 Å². The standard InChI is InChI=1S/C52H33N3/c1-3-15-34(16-4-1)35-27-29-37(30-28-35)50-53-49(36-17-5-2-6-18-36)54-51(55-50)38-31-32-48-44(33-38)43-23-11-14-26-47(43)52(48)45-24-12-9-21-41(45)39-19-7-8-20-40(39)42-22-10-13-25-46(42)52/h1-33H. The maximum atomic E-state index is 5.18. The molecule has 1 aromatic heterocycles. The molecule has 0 aliphatic heterocycles. The van der Waals surface area contributed by atoms with E-state index in [1.165, 1.54) is 61.2 Å². The van der Waals surface area contributed by atoms with E-state index < -0.39 is 5.41 Å². The predicted octanol–water partition coefficient (Wildman–Crippen LogP) is 12.6. The normalized spacial score (nSPS) is 12.9. The number of benzene rings is 8. The van der Waals surface area contributed by atoms with Gasteiger partial charge >= 0.3 is 0 Å². The summed E-state index contributed by atoms with van der Waals surface area (Å²) >= 11 is 0. The highest BCUT2D eigenvalue weighted by molar-refractivity contribution is 5.97. The zero-order valence-electron chi connectivity index (χ0n) is 29.9. The average molecular weight is 700 g/mol. The molecule has 1 heterocycles. The van der Waals surface area contributed by atoms with E-state index in [1.54, 1.807) is 0 Å². The summed E-state index contributed by atoms with van der Waals surface area (Å²) in [5, 5.41) is 0. The lowest BCUT2D eigenvalue weighted by molar-refractivity contribution is 0.775.